The predicted octanol–water partition coefficient (Wildman–Crippen LogP) is 1.77. The first-order valence-corrected chi connectivity index (χ1v) is 6.57. The summed E-state index contributed by atoms with van der Waals surface area (Å²) < 4.78 is 5.21. The number of aliphatic carboxylic acids is 1. The van der Waals surface area contributed by atoms with Gasteiger partial charge in [0.1, 0.15) is 5.75 Å². The summed E-state index contributed by atoms with van der Waals surface area (Å²) in [5.74, 6) is -0.652. The zero-order valence-electron chi connectivity index (χ0n) is 12.1. The van der Waals surface area contributed by atoms with Gasteiger partial charge < -0.3 is 15.2 Å². The van der Waals surface area contributed by atoms with Crippen LogP contribution in [0.25, 0.3) is 0 Å². The van der Waals surface area contributed by atoms with Gasteiger partial charge in [-0.25, -0.2) is 0 Å². The van der Waals surface area contributed by atoms with Crippen molar-refractivity contribution in [3.63, 3.8) is 0 Å². The van der Waals surface area contributed by atoms with Gasteiger partial charge in [-0.2, -0.15) is 0 Å². The van der Waals surface area contributed by atoms with Crippen LogP contribution in [-0.4, -0.2) is 30.6 Å². The van der Waals surface area contributed by atoms with Gasteiger partial charge in [0.15, 0.2) is 0 Å². The molecule has 0 aliphatic heterocycles. The minimum atomic E-state index is -0.845. The minimum Gasteiger partial charge on any atom is -0.496 e. The number of carbonyl (C=O) groups excluding carboxylic acids is 1. The van der Waals surface area contributed by atoms with Crippen LogP contribution in [0.4, 0.5) is 0 Å². The molecular weight excluding hydrogens is 258 g/mol. The number of carboxylic acids is 1. The van der Waals surface area contributed by atoms with Crippen molar-refractivity contribution in [2.45, 2.75) is 26.7 Å². The Kier molecular flexibility index (Phi) is 6.03. The lowest BCUT2D eigenvalue weighted by molar-refractivity contribution is -0.141. The minimum absolute atomic E-state index is 0.117. The molecule has 1 unspecified atom stereocenters. The van der Waals surface area contributed by atoms with Crippen LogP contribution in [0.1, 0.15) is 24.5 Å². The quantitative estimate of drug-likeness (QED) is 0.797. The fourth-order valence-corrected chi connectivity index (χ4v) is 1.77. The fraction of sp³-hybridized carbons (Fsp3) is 0.467. The average molecular weight is 279 g/mol. The van der Waals surface area contributed by atoms with E-state index in [1.54, 1.807) is 14.0 Å². The van der Waals surface area contributed by atoms with E-state index in [9.17, 15) is 9.59 Å². The van der Waals surface area contributed by atoms with E-state index in [1.165, 1.54) is 0 Å². The molecule has 0 aromatic heterocycles. The van der Waals surface area contributed by atoms with Crippen molar-refractivity contribution in [3.8, 4) is 5.75 Å². The van der Waals surface area contributed by atoms with Crippen molar-refractivity contribution in [1.29, 1.82) is 0 Å². The molecule has 1 rings (SSSR count). The highest BCUT2D eigenvalue weighted by molar-refractivity contribution is 5.78. The Morgan fingerprint density at radius 2 is 2.10 bits per heavy atom. The van der Waals surface area contributed by atoms with E-state index in [0.29, 0.717) is 13.0 Å². The summed E-state index contributed by atoms with van der Waals surface area (Å²) in [6.07, 6.45) is 0.691. The summed E-state index contributed by atoms with van der Waals surface area (Å²) in [4.78, 5) is 22.4. The molecule has 0 spiro atoms. The van der Waals surface area contributed by atoms with Crippen LogP contribution in [0, 0.1) is 12.8 Å². The molecule has 0 aliphatic carbocycles. The van der Waals surface area contributed by atoms with E-state index in [1.807, 2.05) is 25.1 Å². The van der Waals surface area contributed by atoms with Gasteiger partial charge in [-0.15, -0.1) is 0 Å². The van der Waals surface area contributed by atoms with Crippen LogP contribution in [0.15, 0.2) is 18.2 Å². The van der Waals surface area contributed by atoms with Crippen molar-refractivity contribution >= 4 is 11.9 Å². The molecule has 1 aromatic rings. The number of carbonyl (C=O) groups is 2. The number of hydrogen-bond acceptors (Lipinski definition) is 3. The van der Waals surface area contributed by atoms with E-state index < -0.39 is 11.9 Å². The Bertz CT molecular complexity index is 485. The van der Waals surface area contributed by atoms with E-state index in [4.69, 9.17) is 9.84 Å². The normalized spacial score (nSPS) is 11.8. The molecule has 5 heteroatoms. The Morgan fingerprint density at radius 3 is 2.70 bits per heavy atom. The van der Waals surface area contributed by atoms with Crippen LogP contribution >= 0.6 is 0 Å². The first-order chi connectivity index (χ1) is 9.43. The molecule has 20 heavy (non-hydrogen) atoms. The molecule has 0 aliphatic rings. The maximum atomic E-state index is 11.7. The molecule has 0 saturated carbocycles. The van der Waals surface area contributed by atoms with Crippen molar-refractivity contribution < 1.29 is 19.4 Å². The first kappa shape index (κ1) is 16.0. The molecule has 0 heterocycles. The molecular formula is C15H21NO4. The maximum Gasteiger partial charge on any atom is 0.306 e. The van der Waals surface area contributed by atoms with Crippen LogP contribution in [0.5, 0.6) is 5.75 Å². The lowest BCUT2D eigenvalue weighted by Crippen LogP contribution is -2.28. The highest BCUT2D eigenvalue weighted by atomic mass is 16.5. The third-order valence-electron chi connectivity index (χ3n) is 3.16. The second-order valence-electron chi connectivity index (χ2n) is 4.86. The predicted molar refractivity (Wildman–Crippen MR) is 75.9 cm³/mol. The molecule has 1 aromatic carbocycles. The van der Waals surface area contributed by atoms with E-state index in [0.717, 1.165) is 16.9 Å². The number of amides is 1. The fourth-order valence-electron chi connectivity index (χ4n) is 1.77. The van der Waals surface area contributed by atoms with Gasteiger partial charge in [0.2, 0.25) is 5.91 Å². The zero-order valence-corrected chi connectivity index (χ0v) is 12.1. The molecule has 0 bridgehead atoms. The second kappa shape index (κ2) is 7.53. The Labute approximate surface area is 118 Å². The molecule has 2 N–H and O–H groups in total. The van der Waals surface area contributed by atoms with Crippen LogP contribution in [-0.2, 0) is 16.0 Å². The Morgan fingerprint density at radius 1 is 1.40 bits per heavy atom. The van der Waals surface area contributed by atoms with E-state index in [2.05, 4.69) is 5.32 Å². The smallest absolute Gasteiger partial charge is 0.306 e. The largest absolute Gasteiger partial charge is 0.496 e. The lowest BCUT2D eigenvalue weighted by Gasteiger charge is -2.09. The van der Waals surface area contributed by atoms with Gasteiger partial charge in [-0.1, -0.05) is 19.1 Å². The van der Waals surface area contributed by atoms with Gasteiger partial charge in [-0.05, 0) is 30.5 Å². The summed E-state index contributed by atoms with van der Waals surface area (Å²) >= 11 is 0. The number of benzene rings is 1. The first-order valence-electron chi connectivity index (χ1n) is 6.57. The topological polar surface area (TPSA) is 75.6 Å². The summed E-state index contributed by atoms with van der Waals surface area (Å²) in [5.41, 5.74) is 1.89. The van der Waals surface area contributed by atoms with Gasteiger partial charge in [0, 0.05) is 6.54 Å². The summed E-state index contributed by atoms with van der Waals surface area (Å²) in [7, 11) is 1.60. The number of rotatable bonds is 7. The van der Waals surface area contributed by atoms with Gasteiger partial charge in [0.05, 0.1) is 19.4 Å². The van der Waals surface area contributed by atoms with E-state index >= 15 is 0 Å². The van der Waals surface area contributed by atoms with Crippen molar-refractivity contribution in [1.82, 2.24) is 5.32 Å². The highest BCUT2D eigenvalue weighted by Crippen LogP contribution is 2.19. The summed E-state index contributed by atoms with van der Waals surface area (Å²) in [6, 6.07) is 5.64. The molecule has 5 nitrogen and oxygen atoms in total. The second-order valence-corrected chi connectivity index (χ2v) is 4.86. The van der Waals surface area contributed by atoms with Crippen molar-refractivity contribution in [3.05, 3.63) is 29.3 Å². The third-order valence-corrected chi connectivity index (χ3v) is 3.16. The lowest BCUT2D eigenvalue weighted by atomic mass is 10.1. The average Bonchev–Trinajstić information content (AvgIpc) is 2.40. The number of nitrogens with one attached hydrogen (secondary N) is 1. The van der Waals surface area contributed by atoms with Gasteiger partial charge in [0.25, 0.3) is 0 Å². The Balaban J connectivity index is 2.44. The van der Waals surface area contributed by atoms with Crippen LogP contribution < -0.4 is 10.1 Å². The van der Waals surface area contributed by atoms with Crippen molar-refractivity contribution in [2.24, 2.45) is 5.92 Å². The van der Waals surface area contributed by atoms with Crippen molar-refractivity contribution in [2.75, 3.05) is 13.7 Å². The van der Waals surface area contributed by atoms with Gasteiger partial charge in [-0.3, -0.25) is 9.59 Å². The standard InChI is InChI=1S/C15H21NO4/c1-10-4-5-12(8-13(10)20-3)9-14(17)16-7-6-11(2)15(18)19/h4-5,8,11H,6-7,9H2,1-3H3,(H,16,17)(H,18,19). The molecule has 110 valence electrons. The monoisotopic (exact) mass is 279 g/mol. The zero-order chi connectivity index (χ0) is 15.1. The van der Waals surface area contributed by atoms with Crippen LogP contribution in [0.2, 0.25) is 0 Å². The SMILES string of the molecule is COc1cc(CC(=O)NCCC(C)C(=O)O)ccc1C. The summed E-state index contributed by atoms with van der Waals surface area (Å²) in [5, 5.41) is 11.5. The summed E-state index contributed by atoms with van der Waals surface area (Å²) in [6.45, 7) is 3.94. The number of methoxy groups -OCH3 is 1. The molecule has 0 saturated heterocycles. The number of carboxylic acid groups (broad SMARTS) is 1. The molecule has 0 radical (unpaired) electrons. The highest BCUT2D eigenvalue weighted by Gasteiger charge is 2.11. The Hall–Kier alpha value is -2.04. The number of hydrogen-bond donors (Lipinski definition) is 2. The number of aryl methyl sites for hydroxylation is 1. The molecule has 1 atom stereocenters. The maximum absolute atomic E-state index is 11.7. The molecule has 0 fully saturated rings. The number of ether oxygens (including phenoxy) is 1. The molecule has 1 amide bonds. The third kappa shape index (κ3) is 4.91. The van der Waals surface area contributed by atoms with Crippen LogP contribution in [0.3, 0.4) is 0 Å². The van der Waals surface area contributed by atoms with Gasteiger partial charge >= 0.3 is 5.97 Å². The van der Waals surface area contributed by atoms with E-state index in [-0.39, 0.29) is 12.3 Å².